The van der Waals surface area contributed by atoms with Gasteiger partial charge in [-0.2, -0.15) is 0 Å². The van der Waals surface area contributed by atoms with Crippen molar-refractivity contribution >= 4 is 35.0 Å². The minimum atomic E-state index is -0.0417. The zero-order valence-corrected chi connectivity index (χ0v) is 11.1. The summed E-state index contributed by atoms with van der Waals surface area (Å²) in [6.07, 6.45) is 0. The molecule has 0 aliphatic rings. The Balaban J connectivity index is 2.37. The molecule has 1 aromatic rings. The lowest BCUT2D eigenvalue weighted by Gasteiger charge is -2.06. The van der Waals surface area contributed by atoms with Crippen LogP contribution < -0.4 is 11.1 Å². The molecule has 0 fully saturated rings. The van der Waals surface area contributed by atoms with E-state index in [1.807, 2.05) is 6.07 Å². The van der Waals surface area contributed by atoms with Crippen molar-refractivity contribution in [3.63, 3.8) is 0 Å². The first kappa shape index (κ1) is 14.2. The normalized spacial score (nSPS) is 10.2. The van der Waals surface area contributed by atoms with Gasteiger partial charge in [0, 0.05) is 24.2 Å². The molecule has 1 aromatic carbocycles. The molecular weight excluding hydrogens is 260 g/mol. The number of nitrogen functional groups attached to an aromatic ring is 1. The quantitative estimate of drug-likeness (QED) is 0.471. The largest absolute Gasteiger partial charge is 0.399 e. The summed E-state index contributed by atoms with van der Waals surface area (Å²) >= 11 is 7.37. The molecule has 0 spiro atoms. The number of amides is 1. The van der Waals surface area contributed by atoms with Crippen molar-refractivity contribution in [2.24, 2.45) is 0 Å². The molecule has 0 aliphatic carbocycles. The Hall–Kier alpha value is -0.910. The minimum absolute atomic E-state index is 0.0417. The number of hydrogen-bond acceptors (Lipinski definition) is 4. The summed E-state index contributed by atoms with van der Waals surface area (Å²) in [4.78, 5) is 12.3. The van der Waals surface area contributed by atoms with Crippen LogP contribution in [0.15, 0.2) is 23.1 Å². The third kappa shape index (κ3) is 5.30. The summed E-state index contributed by atoms with van der Waals surface area (Å²) in [5.41, 5.74) is 6.19. The molecule has 0 atom stereocenters. The average Bonchev–Trinajstić information content (AvgIpc) is 2.28. The molecule has 0 bridgehead atoms. The molecule has 6 heteroatoms. The molecule has 3 N–H and O–H groups in total. The SMILES string of the molecule is COCCNC(=O)CSc1ccc(N)cc1Cl. The van der Waals surface area contributed by atoms with Gasteiger partial charge in [-0.25, -0.2) is 0 Å². The van der Waals surface area contributed by atoms with E-state index in [1.54, 1.807) is 19.2 Å². The molecule has 0 unspecified atom stereocenters. The Bertz CT molecular complexity index is 388. The second-order valence-electron chi connectivity index (χ2n) is 3.32. The maximum atomic E-state index is 11.4. The number of anilines is 1. The number of hydrogen-bond donors (Lipinski definition) is 2. The van der Waals surface area contributed by atoms with Gasteiger partial charge in [0.05, 0.1) is 17.4 Å². The van der Waals surface area contributed by atoms with Crippen LogP contribution in [0.1, 0.15) is 0 Å². The Kier molecular flexibility index (Phi) is 6.18. The molecule has 0 radical (unpaired) electrons. The fraction of sp³-hybridized carbons (Fsp3) is 0.364. The Morgan fingerprint density at radius 2 is 2.35 bits per heavy atom. The highest BCUT2D eigenvalue weighted by atomic mass is 35.5. The van der Waals surface area contributed by atoms with Gasteiger partial charge in [0.15, 0.2) is 0 Å². The summed E-state index contributed by atoms with van der Waals surface area (Å²) in [6.45, 7) is 1.03. The molecule has 1 amide bonds. The van der Waals surface area contributed by atoms with Gasteiger partial charge in [0.25, 0.3) is 0 Å². The summed E-state index contributed by atoms with van der Waals surface area (Å²) < 4.78 is 4.83. The molecule has 94 valence electrons. The summed E-state index contributed by atoms with van der Waals surface area (Å²) in [5.74, 6) is 0.285. The van der Waals surface area contributed by atoms with Gasteiger partial charge in [-0.1, -0.05) is 11.6 Å². The van der Waals surface area contributed by atoms with E-state index in [0.717, 1.165) is 4.90 Å². The number of benzene rings is 1. The first-order valence-electron chi connectivity index (χ1n) is 5.07. The van der Waals surface area contributed by atoms with Gasteiger partial charge >= 0.3 is 0 Å². The fourth-order valence-electron chi connectivity index (χ4n) is 1.12. The molecule has 1 rings (SSSR count). The predicted molar refractivity (Wildman–Crippen MR) is 71.5 cm³/mol. The van der Waals surface area contributed by atoms with Crippen LogP contribution >= 0.6 is 23.4 Å². The number of halogens is 1. The monoisotopic (exact) mass is 274 g/mol. The lowest BCUT2D eigenvalue weighted by molar-refractivity contribution is -0.118. The Morgan fingerprint density at radius 1 is 1.59 bits per heavy atom. The number of methoxy groups -OCH3 is 1. The molecule has 17 heavy (non-hydrogen) atoms. The maximum absolute atomic E-state index is 11.4. The average molecular weight is 275 g/mol. The first-order valence-corrected chi connectivity index (χ1v) is 6.43. The second-order valence-corrected chi connectivity index (χ2v) is 4.75. The molecule has 0 aliphatic heterocycles. The van der Waals surface area contributed by atoms with Crippen LogP contribution in [0.25, 0.3) is 0 Å². The van der Waals surface area contributed by atoms with Crippen LogP contribution in [0.2, 0.25) is 5.02 Å². The maximum Gasteiger partial charge on any atom is 0.230 e. The summed E-state index contributed by atoms with van der Waals surface area (Å²) in [7, 11) is 1.59. The smallest absolute Gasteiger partial charge is 0.230 e. The van der Waals surface area contributed by atoms with Crippen molar-refractivity contribution in [2.75, 3.05) is 31.7 Å². The lowest BCUT2D eigenvalue weighted by atomic mass is 10.3. The Labute approximate surface area is 110 Å². The number of thioether (sulfide) groups is 1. The lowest BCUT2D eigenvalue weighted by Crippen LogP contribution is -2.28. The topological polar surface area (TPSA) is 64.3 Å². The number of nitrogens with two attached hydrogens (primary N) is 1. The van der Waals surface area contributed by atoms with Crippen molar-refractivity contribution in [2.45, 2.75) is 4.90 Å². The molecular formula is C11H15ClN2O2S. The van der Waals surface area contributed by atoms with Gasteiger partial charge in [0.2, 0.25) is 5.91 Å². The van der Waals surface area contributed by atoms with Crippen LogP contribution in [0, 0.1) is 0 Å². The second kappa shape index (κ2) is 7.42. The zero-order valence-electron chi connectivity index (χ0n) is 9.53. The third-order valence-corrected chi connectivity index (χ3v) is 3.44. The van der Waals surface area contributed by atoms with Crippen LogP contribution in [0.3, 0.4) is 0 Å². The van der Waals surface area contributed by atoms with Crippen LogP contribution in [-0.2, 0) is 9.53 Å². The standard InChI is InChI=1S/C11H15ClN2O2S/c1-16-5-4-14-11(15)7-17-10-3-2-8(13)6-9(10)12/h2-3,6H,4-5,7,13H2,1H3,(H,14,15). The number of carbonyl (C=O) groups is 1. The van der Waals surface area contributed by atoms with Gasteiger partial charge in [-0.15, -0.1) is 11.8 Å². The van der Waals surface area contributed by atoms with E-state index in [4.69, 9.17) is 22.1 Å². The van der Waals surface area contributed by atoms with E-state index in [9.17, 15) is 4.79 Å². The molecule has 0 heterocycles. The van der Waals surface area contributed by atoms with E-state index < -0.39 is 0 Å². The van der Waals surface area contributed by atoms with Crippen molar-refractivity contribution in [1.82, 2.24) is 5.32 Å². The highest BCUT2D eigenvalue weighted by Crippen LogP contribution is 2.28. The molecule has 4 nitrogen and oxygen atoms in total. The van der Waals surface area contributed by atoms with E-state index in [2.05, 4.69) is 5.32 Å². The number of carbonyl (C=O) groups excluding carboxylic acids is 1. The highest BCUT2D eigenvalue weighted by Gasteiger charge is 2.05. The van der Waals surface area contributed by atoms with Crippen molar-refractivity contribution in [1.29, 1.82) is 0 Å². The number of rotatable bonds is 6. The van der Waals surface area contributed by atoms with E-state index in [0.29, 0.717) is 29.6 Å². The third-order valence-electron chi connectivity index (χ3n) is 1.94. The predicted octanol–water partition coefficient (Wildman–Crippen LogP) is 1.78. The number of nitrogens with one attached hydrogen (secondary N) is 1. The van der Waals surface area contributed by atoms with Gasteiger partial charge in [-0.05, 0) is 18.2 Å². The highest BCUT2D eigenvalue weighted by molar-refractivity contribution is 8.00. The van der Waals surface area contributed by atoms with Gasteiger partial charge in [0.1, 0.15) is 0 Å². The molecule has 0 saturated carbocycles. The summed E-state index contributed by atoms with van der Waals surface area (Å²) in [6, 6.07) is 5.24. The van der Waals surface area contributed by atoms with Crippen LogP contribution in [-0.4, -0.2) is 31.9 Å². The molecule has 0 aromatic heterocycles. The zero-order chi connectivity index (χ0) is 12.7. The van der Waals surface area contributed by atoms with E-state index >= 15 is 0 Å². The van der Waals surface area contributed by atoms with Gasteiger partial charge < -0.3 is 15.8 Å². The molecule has 0 saturated heterocycles. The van der Waals surface area contributed by atoms with E-state index in [1.165, 1.54) is 11.8 Å². The van der Waals surface area contributed by atoms with Crippen molar-refractivity contribution < 1.29 is 9.53 Å². The fourth-order valence-corrected chi connectivity index (χ4v) is 2.22. The first-order chi connectivity index (χ1) is 8.13. The van der Waals surface area contributed by atoms with Crippen LogP contribution in [0.5, 0.6) is 0 Å². The van der Waals surface area contributed by atoms with E-state index in [-0.39, 0.29) is 5.91 Å². The van der Waals surface area contributed by atoms with Crippen molar-refractivity contribution in [3.8, 4) is 0 Å². The Morgan fingerprint density at radius 3 is 3.00 bits per heavy atom. The van der Waals surface area contributed by atoms with Crippen molar-refractivity contribution in [3.05, 3.63) is 23.2 Å². The van der Waals surface area contributed by atoms with Crippen LogP contribution in [0.4, 0.5) is 5.69 Å². The number of ether oxygens (including phenoxy) is 1. The van der Waals surface area contributed by atoms with Gasteiger partial charge in [-0.3, -0.25) is 4.79 Å². The summed E-state index contributed by atoms with van der Waals surface area (Å²) in [5, 5.41) is 3.30. The minimum Gasteiger partial charge on any atom is -0.399 e.